The van der Waals surface area contributed by atoms with Gasteiger partial charge in [-0.1, -0.05) is 97.6 Å². The van der Waals surface area contributed by atoms with Gasteiger partial charge in [0.25, 0.3) is 0 Å². The Hall–Kier alpha value is -4.27. The monoisotopic (exact) mass is 468 g/mol. The number of aliphatic hydroxyl groups excluding tert-OH is 1. The minimum Gasteiger partial charge on any atom is -0.381 e. The average molecular weight is 469 g/mol. The molecule has 5 aromatic rings. The zero-order valence-electron chi connectivity index (χ0n) is 20.5. The predicted octanol–water partition coefficient (Wildman–Crippen LogP) is 7.74. The Morgan fingerprint density at radius 2 is 1.06 bits per heavy atom. The van der Waals surface area contributed by atoms with Gasteiger partial charge in [-0.25, -0.2) is 0 Å². The first kappa shape index (κ1) is 23.5. The molecule has 0 radical (unpaired) electrons. The van der Waals surface area contributed by atoms with E-state index >= 15 is 0 Å². The summed E-state index contributed by atoms with van der Waals surface area (Å²) in [6, 6.07) is 43.3. The second-order valence-electron chi connectivity index (χ2n) is 9.01. The number of nitrogens with zero attached hydrogens (tertiary/aromatic N) is 1. The van der Waals surface area contributed by atoms with Gasteiger partial charge in [-0.05, 0) is 59.5 Å². The first-order chi connectivity index (χ1) is 17.7. The highest BCUT2D eigenvalue weighted by atomic mass is 16.3. The van der Waals surface area contributed by atoms with Crippen LogP contribution in [-0.4, -0.2) is 5.11 Å². The molecule has 0 spiro atoms. The van der Waals surface area contributed by atoms with Crippen LogP contribution >= 0.6 is 0 Å². The van der Waals surface area contributed by atoms with E-state index in [0.29, 0.717) is 0 Å². The van der Waals surface area contributed by atoms with Gasteiger partial charge in [0.15, 0.2) is 0 Å². The van der Waals surface area contributed by atoms with Crippen LogP contribution in [-0.2, 0) is 0 Å². The quantitative estimate of drug-likeness (QED) is 0.192. The molecular weight excluding hydrogens is 438 g/mol. The van der Waals surface area contributed by atoms with Crippen molar-refractivity contribution < 1.29 is 9.67 Å². The average Bonchev–Trinajstić information content (AvgIpc) is 2.95. The predicted molar refractivity (Wildman–Crippen MR) is 148 cm³/mol. The van der Waals surface area contributed by atoms with Gasteiger partial charge in [0.2, 0.25) is 17.4 Å². The Balaban J connectivity index is 1.83. The van der Waals surface area contributed by atoms with Crippen molar-refractivity contribution in [1.82, 2.24) is 0 Å². The Labute approximate surface area is 213 Å². The molecule has 0 amide bonds. The zero-order chi connectivity index (χ0) is 24.9. The minimum absolute atomic E-state index is 0.388. The molecule has 0 aliphatic carbocycles. The molecule has 36 heavy (non-hydrogen) atoms. The summed E-state index contributed by atoms with van der Waals surface area (Å²) in [6.07, 6.45) is 1.10. The first-order valence-corrected chi connectivity index (χ1v) is 12.3. The van der Waals surface area contributed by atoms with E-state index in [2.05, 4.69) is 96.1 Å². The van der Waals surface area contributed by atoms with Crippen LogP contribution < -0.4 is 4.57 Å². The number of hydrogen-bond acceptors (Lipinski definition) is 1. The van der Waals surface area contributed by atoms with E-state index in [0.717, 1.165) is 44.8 Å². The summed E-state index contributed by atoms with van der Waals surface area (Å²) >= 11 is 0. The number of benzene rings is 4. The van der Waals surface area contributed by atoms with Gasteiger partial charge >= 0.3 is 0 Å². The highest BCUT2D eigenvalue weighted by Crippen LogP contribution is 2.34. The summed E-state index contributed by atoms with van der Waals surface area (Å²) < 4.78 is 2.24. The number of pyridine rings is 1. The van der Waals surface area contributed by atoms with Gasteiger partial charge in [0.1, 0.15) is 6.10 Å². The Morgan fingerprint density at radius 1 is 0.611 bits per heavy atom. The van der Waals surface area contributed by atoms with E-state index in [1.54, 1.807) is 0 Å². The van der Waals surface area contributed by atoms with Crippen LogP contribution in [0.5, 0.6) is 0 Å². The van der Waals surface area contributed by atoms with Crippen LogP contribution in [0.3, 0.4) is 0 Å². The fraction of sp³-hybridized carbons (Fsp3) is 0.0882. The summed E-state index contributed by atoms with van der Waals surface area (Å²) in [7, 11) is 0. The van der Waals surface area contributed by atoms with E-state index in [1.165, 1.54) is 0 Å². The maximum Gasteiger partial charge on any atom is 0.214 e. The molecule has 176 valence electrons. The van der Waals surface area contributed by atoms with E-state index in [1.807, 2.05) is 55.5 Å². The van der Waals surface area contributed by atoms with Crippen LogP contribution in [0.2, 0.25) is 0 Å². The van der Waals surface area contributed by atoms with Gasteiger partial charge < -0.3 is 5.11 Å². The van der Waals surface area contributed by atoms with Crippen LogP contribution in [0.25, 0.3) is 33.6 Å². The lowest BCUT2D eigenvalue weighted by Gasteiger charge is -2.22. The maximum absolute atomic E-state index is 11.8. The summed E-state index contributed by atoms with van der Waals surface area (Å²) in [5, 5.41) is 11.8. The number of aliphatic hydroxyl groups is 1. The third-order valence-electron chi connectivity index (χ3n) is 6.72. The molecule has 0 saturated carbocycles. The van der Waals surface area contributed by atoms with Crippen molar-refractivity contribution in [3.05, 3.63) is 151 Å². The van der Waals surface area contributed by atoms with Crippen molar-refractivity contribution in [2.24, 2.45) is 0 Å². The molecule has 2 unspecified atom stereocenters. The molecule has 1 N–H and O–H groups in total. The zero-order valence-corrected chi connectivity index (χ0v) is 20.5. The van der Waals surface area contributed by atoms with Crippen molar-refractivity contribution in [1.29, 1.82) is 0 Å². The maximum atomic E-state index is 11.8. The van der Waals surface area contributed by atoms with E-state index in [9.17, 15) is 5.11 Å². The van der Waals surface area contributed by atoms with E-state index in [4.69, 9.17) is 0 Å². The van der Waals surface area contributed by atoms with Crippen molar-refractivity contribution >= 4 is 0 Å². The van der Waals surface area contributed by atoms with E-state index < -0.39 is 6.10 Å². The summed E-state index contributed by atoms with van der Waals surface area (Å²) in [6.45, 7) is 6.22. The number of aromatic nitrogens is 1. The molecule has 0 fully saturated rings. The van der Waals surface area contributed by atoms with Crippen molar-refractivity contribution in [3.63, 3.8) is 0 Å². The van der Waals surface area contributed by atoms with Gasteiger partial charge in [-0.3, -0.25) is 0 Å². The third-order valence-corrected chi connectivity index (χ3v) is 6.72. The van der Waals surface area contributed by atoms with Gasteiger partial charge in [-0.2, -0.15) is 4.57 Å². The number of rotatable bonds is 7. The van der Waals surface area contributed by atoms with Crippen molar-refractivity contribution in [2.75, 3.05) is 0 Å². The molecule has 2 heteroatoms. The molecular formula is C34H30NO+. The normalized spacial score (nSPS) is 12.6. The topological polar surface area (TPSA) is 24.1 Å². The lowest BCUT2D eigenvalue weighted by atomic mass is 9.94. The summed E-state index contributed by atoms with van der Waals surface area (Å²) in [5.74, 6) is 0. The fourth-order valence-electron chi connectivity index (χ4n) is 4.86. The Morgan fingerprint density at radius 3 is 1.53 bits per heavy atom. The minimum atomic E-state index is -0.763. The second-order valence-corrected chi connectivity index (χ2v) is 9.01. The fourth-order valence-corrected chi connectivity index (χ4v) is 4.86. The Kier molecular flexibility index (Phi) is 6.88. The summed E-state index contributed by atoms with van der Waals surface area (Å²) in [4.78, 5) is 0. The molecule has 1 heterocycles. The van der Waals surface area contributed by atoms with Crippen molar-refractivity contribution in [3.8, 4) is 33.6 Å². The number of aryl methyl sites for hydroxylation is 1. The smallest absolute Gasteiger partial charge is 0.214 e. The molecule has 0 bridgehead atoms. The summed E-state index contributed by atoms with van der Waals surface area (Å²) in [5.41, 5.74) is 8.43. The molecule has 0 aliphatic rings. The molecule has 5 rings (SSSR count). The first-order valence-electron chi connectivity index (χ1n) is 12.3. The van der Waals surface area contributed by atoms with Gasteiger partial charge in [-0.15, -0.1) is 0 Å². The van der Waals surface area contributed by atoms with Crippen LogP contribution in [0.4, 0.5) is 0 Å². The lowest BCUT2D eigenvalue weighted by Crippen LogP contribution is -2.46. The molecule has 2 nitrogen and oxygen atoms in total. The van der Waals surface area contributed by atoms with Gasteiger partial charge in [0.05, 0.1) is 0 Å². The lowest BCUT2D eigenvalue weighted by molar-refractivity contribution is -0.700. The molecule has 0 saturated heterocycles. The third kappa shape index (κ3) is 4.64. The van der Waals surface area contributed by atoms with Crippen LogP contribution in [0, 0.1) is 6.92 Å². The highest BCUT2D eigenvalue weighted by molar-refractivity contribution is 5.73. The van der Waals surface area contributed by atoms with E-state index in [-0.39, 0.29) is 6.04 Å². The molecule has 1 aromatic heterocycles. The standard InChI is InChI=1S/C34H30NO/c1-3-31(34(36)30-22-14-13-15-25(30)2)35-32(27-18-9-5-10-19-27)23-29(26-16-7-4-8-17-26)24-33(35)28-20-11-6-12-21-28/h3-24,31,34,36H,1H2,2H3/q+1. The second kappa shape index (κ2) is 10.6. The van der Waals surface area contributed by atoms with Crippen LogP contribution in [0.1, 0.15) is 23.3 Å². The SMILES string of the molecule is C=CC(C(O)c1ccccc1C)[n+]1c(-c2ccccc2)cc(-c2ccccc2)cc1-c1ccccc1. The van der Waals surface area contributed by atoms with Gasteiger partial charge in [0, 0.05) is 23.3 Å². The van der Waals surface area contributed by atoms with Crippen LogP contribution in [0.15, 0.2) is 140 Å². The Bertz CT molecular complexity index is 1400. The number of hydrogen-bond donors (Lipinski definition) is 1. The van der Waals surface area contributed by atoms with Crippen molar-refractivity contribution in [2.45, 2.75) is 19.1 Å². The molecule has 0 aliphatic heterocycles. The highest BCUT2D eigenvalue weighted by Gasteiger charge is 2.34. The molecule has 4 aromatic carbocycles. The molecule has 2 atom stereocenters. The largest absolute Gasteiger partial charge is 0.381 e.